The van der Waals surface area contributed by atoms with Crippen LogP contribution in [0.25, 0.3) is 0 Å². The highest BCUT2D eigenvalue weighted by molar-refractivity contribution is 7.92. The van der Waals surface area contributed by atoms with Gasteiger partial charge in [-0.3, -0.25) is 9.10 Å². The second kappa shape index (κ2) is 8.16. The van der Waals surface area contributed by atoms with E-state index in [9.17, 15) is 26.4 Å². The van der Waals surface area contributed by atoms with Gasteiger partial charge in [0.05, 0.1) is 16.1 Å². The van der Waals surface area contributed by atoms with Crippen LogP contribution in [0.1, 0.15) is 33.5 Å². The average molecular weight is 487 g/mol. The van der Waals surface area contributed by atoms with Crippen LogP contribution in [0.5, 0.6) is 0 Å². The van der Waals surface area contributed by atoms with Crippen molar-refractivity contribution in [2.75, 3.05) is 22.3 Å². The first-order chi connectivity index (χ1) is 16.2. The number of sulfonamides is 1. The van der Waals surface area contributed by atoms with Gasteiger partial charge < -0.3 is 4.90 Å². The number of fused-ring (bicyclic) bond motifs is 2. The molecule has 0 unspecified atom stereocenters. The maximum absolute atomic E-state index is 13.4. The molecule has 0 bridgehead atoms. The van der Waals surface area contributed by atoms with Gasteiger partial charge >= 0.3 is 6.18 Å². The Bertz CT molecular complexity index is 1390. The topological polar surface area (TPSA) is 57.7 Å². The molecule has 0 aromatic heterocycles. The smallest absolute Gasteiger partial charge is 0.308 e. The number of carbonyl (C=O) groups excluding carboxylic acids is 1. The molecule has 176 valence electrons. The van der Waals surface area contributed by atoms with Crippen LogP contribution in [0.2, 0.25) is 0 Å². The van der Waals surface area contributed by atoms with Crippen molar-refractivity contribution in [1.82, 2.24) is 0 Å². The van der Waals surface area contributed by atoms with Crippen molar-refractivity contribution in [1.29, 1.82) is 0 Å². The molecule has 9 heteroatoms. The van der Waals surface area contributed by atoms with Gasteiger partial charge in [0, 0.05) is 24.3 Å². The van der Waals surface area contributed by atoms with Crippen LogP contribution >= 0.6 is 0 Å². The third-order valence-corrected chi connectivity index (χ3v) is 8.09. The lowest BCUT2D eigenvalue weighted by molar-refractivity contribution is -0.137. The number of hydrogen-bond acceptors (Lipinski definition) is 3. The maximum Gasteiger partial charge on any atom is 0.416 e. The van der Waals surface area contributed by atoms with E-state index in [0.717, 1.165) is 17.7 Å². The monoisotopic (exact) mass is 486 g/mol. The first-order valence-corrected chi connectivity index (χ1v) is 12.3. The van der Waals surface area contributed by atoms with E-state index in [1.165, 1.54) is 39.5 Å². The highest BCUT2D eigenvalue weighted by atomic mass is 32.2. The minimum Gasteiger partial charge on any atom is -0.308 e. The summed E-state index contributed by atoms with van der Waals surface area (Å²) in [6, 6.07) is 16.5. The summed E-state index contributed by atoms with van der Waals surface area (Å²) in [5.74, 6) is -0.445. The quantitative estimate of drug-likeness (QED) is 0.521. The number of amides is 1. The number of rotatable bonds is 3. The molecule has 2 heterocycles. The molecule has 0 N–H and O–H groups in total. The van der Waals surface area contributed by atoms with Crippen molar-refractivity contribution in [3.8, 4) is 0 Å². The zero-order chi connectivity index (χ0) is 24.1. The number of anilines is 2. The summed E-state index contributed by atoms with van der Waals surface area (Å²) >= 11 is 0. The van der Waals surface area contributed by atoms with Crippen molar-refractivity contribution in [2.24, 2.45) is 0 Å². The number of alkyl halides is 3. The lowest BCUT2D eigenvalue weighted by atomic mass is 9.98. The molecule has 0 radical (unpaired) electrons. The molecule has 1 amide bonds. The first-order valence-electron chi connectivity index (χ1n) is 10.9. The van der Waals surface area contributed by atoms with Gasteiger partial charge in [-0.25, -0.2) is 8.42 Å². The van der Waals surface area contributed by atoms with Crippen LogP contribution < -0.4 is 9.21 Å². The van der Waals surface area contributed by atoms with Crippen LogP contribution in [0.3, 0.4) is 0 Å². The molecular formula is C25H21F3N2O3S. The first kappa shape index (κ1) is 22.5. The van der Waals surface area contributed by atoms with Crippen molar-refractivity contribution in [2.45, 2.75) is 30.3 Å². The van der Waals surface area contributed by atoms with Crippen molar-refractivity contribution >= 4 is 27.3 Å². The Morgan fingerprint density at radius 3 is 2.41 bits per heavy atom. The number of aryl methyl sites for hydroxylation is 1. The maximum atomic E-state index is 13.4. The largest absolute Gasteiger partial charge is 0.416 e. The highest BCUT2D eigenvalue weighted by Gasteiger charge is 2.34. The number of halogens is 3. The molecule has 0 saturated heterocycles. The molecule has 2 aliphatic rings. The number of para-hydroxylation sites is 1. The molecule has 2 aliphatic heterocycles. The van der Waals surface area contributed by atoms with Gasteiger partial charge in [-0.1, -0.05) is 24.3 Å². The summed E-state index contributed by atoms with van der Waals surface area (Å²) in [6.45, 7) is 0.661. The molecule has 34 heavy (non-hydrogen) atoms. The molecule has 3 aromatic rings. The molecule has 0 saturated carbocycles. The Morgan fingerprint density at radius 1 is 0.824 bits per heavy atom. The van der Waals surface area contributed by atoms with Gasteiger partial charge in [-0.05, 0) is 72.9 Å². The molecule has 5 rings (SSSR count). The minimum atomic E-state index is -4.46. The number of benzene rings is 3. The van der Waals surface area contributed by atoms with E-state index < -0.39 is 27.7 Å². The Hall–Kier alpha value is -3.33. The summed E-state index contributed by atoms with van der Waals surface area (Å²) < 4.78 is 67.4. The molecule has 3 aromatic carbocycles. The van der Waals surface area contributed by atoms with E-state index in [2.05, 4.69) is 0 Å². The summed E-state index contributed by atoms with van der Waals surface area (Å²) in [6.07, 6.45) is -2.90. The summed E-state index contributed by atoms with van der Waals surface area (Å²) in [7, 11) is -3.88. The minimum absolute atomic E-state index is 0.000273. The third-order valence-electron chi connectivity index (χ3n) is 6.28. The van der Waals surface area contributed by atoms with Gasteiger partial charge in [0.15, 0.2) is 0 Å². The predicted molar refractivity (Wildman–Crippen MR) is 123 cm³/mol. The van der Waals surface area contributed by atoms with Crippen LogP contribution in [0.4, 0.5) is 24.5 Å². The second-order valence-corrected chi connectivity index (χ2v) is 10.2. The van der Waals surface area contributed by atoms with Crippen LogP contribution in [-0.4, -0.2) is 27.4 Å². The van der Waals surface area contributed by atoms with Gasteiger partial charge in [-0.15, -0.1) is 0 Å². The fourth-order valence-corrected chi connectivity index (χ4v) is 6.16. The summed E-state index contributed by atoms with van der Waals surface area (Å²) in [5.41, 5.74) is 1.87. The van der Waals surface area contributed by atoms with Crippen molar-refractivity contribution in [3.63, 3.8) is 0 Å². The lowest BCUT2D eigenvalue weighted by Crippen LogP contribution is -2.36. The number of hydrogen-bond donors (Lipinski definition) is 0. The van der Waals surface area contributed by atoms with Crippen molar-refractivity contribution < 1.29 is 26.4 Å². The van der Waals surface area contributed by atoms with E-state index in [1.54, 1.807) is 12.1 Å². The Kier molecular flexibility index (Phi) is 5.39. The molecule has 0 aliphatic carbocycles. The zero-order valence-corrected chi connectivity index (χ0v) is 18.9. The van der Waals surface area contributed by atoms with E-state index in [0.29, 0.717) is 49.3 Å². The third kappa shape index (κ3) is 3.83. The SMILES string of the molecule is O=C(c1cccc(S(=O)(=O)N2CCc3ccccc32)c1)N1CCCc2cc(C(F)(F)F)ccc21. The summed E-state index contributed by atoms with van der Waals surface area (Å²) in [5, 5.41) is 0. The van der Waals surface area contributed by atoms with Crippen LogP contribution in [0.15, 0.2) is 71.6 Å². The molecule has 5 nitrogen and oxygen atoms in total. The predicted octanol–water partition coefficient (Wildman–Crippen LogP) is 5.05. The van der Waals surface area contributed by atoms with E-state index in [1.807, 2.05) is 12.1 Å². The Morgan fingerprint density at radius 2 is 1.62 bits per heavy atom. The molecule has 0 atom stereocenters. The van der Waals surface area contributed by atoms with E-state index in [-0.39, 0.29) is 10.5 Å². The molecular weight excluding hydrogens is 465 g/mol. The highest BCUT2D eigenvalue weighted by Crippen LogP contribution is 2.36. The van der Waals surface area contributed by atoms with E-state index >= 15 is 0 Å². The van der Waals surface area contributed by atoms with Gasteiger partial charge in [0.1, 0.15) is 0 Å². The average Bonchev–Trinajstić information content (AvgIpc) is 3.27. The van der Waals surface area contributed by atoms with Gasteiger partial charge in [0.2, 0.25) is 0 Å². The molecule has 0 fully saturated rings. The standard InChI is InChI=1S/C25H21F3N2O3S/c26-25(27,28)20-10-11-22-18(15-20)7-4-13-29(22)24(31)19-6-3-8-21(16-19)34(32,33)30-14-12-17-5-1-2-9-23(17)30/h1-3,5-6,8-11,15-16H,4,7,12-14H2. The number of carbonyl (C=O) groups is 1. The van der Waals surface area contributed by atoms with Crippen molar-refractivity contribution in [3.05, 3.63) is 89.0 Å². The second-order valence-electron chi connectivity index (χ2n) is 8.39. The number of nitrogens with zero attached hydrogens (tertiary/aromatic N) is 2. The van der Waals surface area contributed by atoms with Crippen LogP contribution in [0, 0.1) is 0 Å². The van der Waals surface area contributed by atoms with E-state index in [4.69, 9.17) is 0 Å². The zero-order valence-electron chi connectivity index (χ0n) is 18.0. The normalized spacial score (nSPS) is 15.7. The fourth-order valence-electron chi connectivity index (χ4n) is 4.61. The fraction of sp³-hybridized carbons (Fsp3) is 0.240. The van der Waals surface area contributed by atoms with Crippen LogP contribution in [-0.2, 0) is 29.0 Å². The van der Waals surface area contributed by atoms with Gasteiger partial charge in [0.25, 0.3) is 15.9 Å². The Balaban J connectivity index is 1.47. The summed E-state index contributed by atoms with van der Waals surface area (Å²) in [4.78, 5) is 14.8. The molecule has 0 spiro atoms. The lowest BCUT2D eigenvalue weighted by Gasteiger charge is -2.30. The van der Waals surface area contributed by atoms with Gasteiger partial charge in [-0.2, -0.15) is 13.2 Å². The Labute approximate surface area is 195 Å².